The number of nitrogens with one attached hydrogen (secondary N) is 1. The second-order valence-corrected chi connectivity index (χ2v) is 5.38. The van der Waals surface area contributed by atoms with Crippen molar-refractivity contribution in [1.29, 1.82) is 0 Å². The van der Waals surface area contributed by atoms with Crippen LogP contribution in [0.1, 0.15) is 39.2 Å². The van der Waals surface area contributed by atoms with Gasteiger partial charge in [-0.15, -0.1) is 0 Å². The van der Waals surface area contributed by atoms with Gasteiger partial charge in [-0.05, 0) is 45.0 Å². The van der Waals surface area contributed by atoms with Gasteiger partial charge in [-0.2, -0.15) is 0 Å². The molecule has 0 radical (unpaired) electrons. The largest absolute Gasteiger partial charge is 0.315 e. The molecular formula is C15H27N3. The molecule has 0 aliphatic carbocycles. The van der Waals surface area contributed by atoms with Crippen LogP contribution in [0.5, 0.6) is 0 Å². The number of hydrogen-bond acceptors (Lipinski definition) is 3. The van der Waals surface area contributed by atoms with Crippen LogP contribution in [-0.2, 0) is 6.54 Å². The van der Waals surface area contributed by atoms with Gasteiger partial charge in [0, 0.05) is 31.0 Å². The van der Waals surface area contributed by atoms with Gasteiger partial charge >= 0.3 is 0 Å². The lowest BCUT2D eigenvalue weighted by atomic mass is 10.1. The summed E-state index contributed by atoms with van der Waals surface area (Å²) in [7, 11) is 2.19. The zero-order valence-electron chi connectivity index (χ0n) is 12.2. The Hall–Kier alpha value is -0.930. The Morgan fingerprint density at radius 3 is 2.72 bits per heavy atom. The first-order chi connectivity index (χ1) is 8.59. The Kier molecular flexibility index (Phi) is 6.91. The predicted octanol–water partition coefficient (Wildman–Crippen LogP) is 2.68. The molecule has 1 aromatic rings. The minimum atomic E-state index is 0.591. The quantitative estimate of drug-likeness (QED) is 0.718. The molecule has 1 rings (SSSR count). The second-order valence-electron chi connectivity index (χ2n) is 5.38. The van der Waals surface area contributed by atoms with Crippen LogP contribution in [0.3, 0.4) is 0 Å². The smallest absolute Gasteiger partial charge is 0.0312 e. The maximum atomic E-state index is 4.16. The third kappa shape index (κ3) is 6.12. The van der Waals surface area contributed by atoms with Crippen LogP contribution in [0.2, 0.25) is 0 Å². The van der Waals surface area contributed by atoms with Crippen molar-refractivity contribution < 1.29 is 0 Å². The van der Waals surface area contributed by atoms with Crippen molar-refractivity contribution in [3.8, 4) is 0 Å². The monoisotopic (exact) mass is 249 g/mol. The van der Waals surface area contributed by atoms with E-state index in [9.17, 15) is 0 Å². The summed E-state index contributed by atoms with van der Waals surface area (Å²) in [5.41, 5.74) is 1.28. The van der Waals surface area contributed by atoms with Crippen LogP contribution < -0.4 is 5.32 Å². The van der Waals surface area contributed by atoms with Gasteiger partial charge in [0.25, 0.3) is 0 Å². The minimum Gasteiger partial charge on any atom is -0.315 e. The highest BCUT2D eigenvalue weighted by molar-refractivity contribution is 5.08. The van der Waals surface area contributed by atoms with Crippen molar-refractivity contribution >= 4 is 0 Å². The van der Waals surface area contributed by atoms with Crippen LogP contribution >= 0.6 is 0 Å². The van der Waals surface area contributed by atoms with E-state index in [1.807, 2.05) is 18.5 Å². The molecule has 0 fully saturated rings. The van der Waals surface area contributed by atoms with E-state index in [0.717, 1.165) is 13.1 Å². The molecule has 1 unspecified atom stereocenters. The van der Waals surface area contributed by atoms with Crippen LogP contribution in [0.15, 0.2) is 24.5 Å². The van der Waals surface area contributed by atoms with Crippen LogP contribution in [0.25, 0.3) is 0 Å². The summed E-state index contributed by atoms with van der Waals surface area (Å²) in [5, 5.41) is 3.46. The van der Waals surface area contributed by atoms with Gasteiger partial charge in [0.15, 0.2) is 0 Å². The highest BCUT2D eigenvalue weighted by Gasteiger charge is 2.09. The van der Waals surface area contributed by atoms with Gasteiger partial charge in [0.05, 0.1) is 0 Å². The van der Waals surface area contributed by atoms with Crippen molar-refractivity contribution in [2.24, 2.45) is 0 Å². The van der Waals surface area contributed by atoms with E-state index >= 15 is 0 Å². The van der Waals surface area contributed by atoms with E-state index in [4.69, 9.17) is 0 Å². The summed E-state index contributed by atoms with van der Waals surface area (Å²) in [5.74, 6) is 0. The third-order valence-electron chi connectivity index (χ3n) is 3.26. The standard InChI is InChI=1S/C15H27N3/c1-13(2)17-10-5-7-14(3)18(4)12-15-8-6-9-16-11-15/h6,8-9,11,13-14,17H,5,7,10,12H2,1-4H3. The van der Waals surface area contributed by atoms with E-state index in [2.05, 4.69) is 49.1 Å². The highest BCUT2D eigenvalue weighted by Crippen LogP contribution is 2.08. The van der Waals surface area contributed by atoms with Gasteiger partial charge in [0.2, 0.25) is 0 Å². The zero-order valence-corrected chi connectivity index (χ0v) is 12.2. The molecule has 0 saturated carbocycles. The summed E-state index contributed by atoms with van der Waals surface area (Å²) in [6, 6.07) is 5.34. The van der Waals surface area contributed by atoms with Crippen LogP contribution in [0.4, 0.5) is 0 Å². The average molecular weight is 249 g/mol. The first-order valence-electron chi connectivity index (χ1n) is 6.92. The SMILES string of the molecule is CC(C)NCCCC(C)N(C)Cc1cccnc1. The lowest BCUT2D eigenvalue weighted by Crippen LogP contribution is -2.30. The Morgan fingerprint density at radius 1 is 1.33 bits per heavy atom. The maximum absolute atomic E-state index is 4.16. The molecule has 102 valence electrons. The molecule has 18 heavy (non-hydrogen) atoms. The third-order valence-corrected chi connectivity index (χ3v) is 3.26. The molecule has 0 spiro atoms. The molecule has 1 aromatic heterocycles. The Bertz CT molecular complexity index is 311. The summed E-state index contributed by atoms with van der Waals surface area (Å²) in [6.45, 7) is 8.77. The van der Waals surface area contributed by atoms with Crippen molar-refractivity contribution in [1.82, 2.24) is 15.2 Å². The topological polar surface area (TPSA) is 28.2 Å². The lowest BCUT2D eigenvalue weighted by Gasteiger charge is -2.24. The second kappa shape index (κ2) is 8.22. The summed E-state index contributed by atoms with van der Waals surface area (Å²) in [6.07, 6.45) is 6.24. The molecule has 0 aliphatic rings. The van der Waals surface area contributed by atoms with Crippen molar-refractivity contribution in [3.05, 3.63) is 30.1 Å². The molecule has 0 saturated heterocycles. The van der Waals surface area contributed by atoms with E-state index in [1.165, 1.54) is 18.4 Å². The van der Waals surface area contributed by atoms with Crippen molar-refractivity contribution in [2.75, 3.05) is 13.6 Å². The number of hydrogen-bond donors (Lipinski definition) is 1. The summed E-state index contributed by atoms with van der Waals surface area (Å²) < 4.78 is 0. The van der Waals surface area contributed by atoms with Crippen LogP contribution in [-0.4, -0.2) is 35.6 Å². The molecule has 3 nitrogen and oxygen atoms in total. The maximum Gasteiger partial charge on any atom is 0.0312 e. The first-order valence-corrected chi connectivity index (χ1v) is 6.92. The number of nitrogens with zero attached hydrogens (tertiary/aromatic N) is 2. The van der Waals surface area contributed by atoms with Gasteiger partial charge in [-0.25, -0.2) is 0 Å². The van der Waals surface area contributed by atoms with E-state index in [-0.39, 0.29) is 0 Å². The molecule has 1 heterocycles. The first kappa shape index (κ1) is 15.1. The van der Waals surface area contributed by atoms with Gasteiger partial charge in [-0.1, -0.05) is 19.9 Å². The van der Waals surface area contributed by atoms with Gasteiger partial charge in [-0.3, -0.25) is 9.88 Å². The average Bonchev–Trinajstić information content (AvgIpc) is 2.35. The molecule has 1 N–H and O–H groups in total. The molecule has 0 bridgehead atoms. The fourth-order valence-corrected chi connectivity index (χ4v) is 1.94. The van der Waals surface area contributed by atoms with Gasteiger partial charge in [0.1, 0.15) is 0 Å². The summed E-state index contributed by atoms with van der Waals surface area (Å²) in [4.78, 5) is 6.55. The van der Waals surface area contributed by atoms with E-state index < -0.39 is 0 Å². The number of pyridine rings is 1. The minimum absolute atomic E-state index is 0.591. The summed E-state index contributed by atoms with van der Waals surface area (Å²) >= 11 is 0. The van der Waals surface area contributed by atoms with Gasteiger partial charge < -0.3 is 5.32 Å². The molecule has 1 atom stereocenters. The Morgan fingerprint density at radius 2 is 2.11 bits per heavy atom. The Labute approximate surface area is 112 Å². The highest BCUT2D eigenvalue weighted by atomic mass is 15.1. The molecule has 0 aliphatic heterocycles. The molecule has 3 heteroatoms. The van der Waals surface area contributed by atoms with Crippen LogP contribution in [0, 0.1) is 0 Å². The zero-order chi connectivity index (χ0) is 13.4. The number of aromatic nitrogens is 1. The van der Waals surface area contributed by atoms with Crippen molar-refractivity contribution in [3.63, 3.8) is 0 Å². The van der Waals surface area contributed by atoms with Crippen molar-refractivity contribution in [2.45, 2.75) is 52.2 Å². The molecule has 0 aromatic carbocycles. The molecule has 0 amide bonds. The van der Waals surface area contributed by atoms with E-state index in [0.29, 0.717) is 12.1 Å². The predicted molar refractivity (Wildman–Crippen MR) is 77.5 cm³/mol. The fraction of sp³-hybridized carbons (Fsp3) is 0.667. The fourth-order valence-electron chi connectivity index (χ4n) is 1.94. The number of rotatable bonds is 8. The normalized spacial score (nSPS) is 13.2. The molecular weight excluding hydrogens is 222 g/mol. The Balaban J connectivity index is 2.22. The lowest BCUT2D eigenvalue weighted by molar-refractivity contribution is 0.233. The van der Waals surface area contributed by atoms with E-state index in [1.54, 1.807) is 0 Å².